The summed E-state index contributed by atoms with van der Waals surface area (Å²) in [4.78, 5) is 0. The van der Waals surface area contributed by atoms with E-state index in [1.165, 1.54) is 0 Å². The van der Waals surface area contributed by atoms with Crippen molar-refractivity contribution in [1.82, 2.24) is 0 Å². The maximum absolute atomic E-state index is 3.98. The molecule has 1 aromatic rings. The number of hydrogen-bond acceptors (Lipinski definition) is 0. The minimum absolute atomic E-state index is 1.04. The van der Waals surface area contributed by atoms with Crippen molar-refractivity contribution in [3.05, 3.63) is 33.6 Å². The number of benzene rings is 1. The molecule has 0 heterocycles. The molecule has 1 aromatic carbocycles. The van der Waals surface area contributed by atoms with Crippen LogP contribution in [-0.2, 0) is 19.4 Å². The van der Waals surface area contributed by atoms with E-state index in [-0.39, 0.29) is 0 Å². The normalized spacial score (nSPS) is 7.88. The van der Waals surface area contributed by atoms with Gasteiger partial charge >= 0.3 is 58.8 Å². The van der Waals surface area contributed by atoms with Gasteiger partial charge in [-0.2, -0.15) is 0 Å². The van der Waals surface area contributed by atoms with Gasteiger partial charge in [0.15, 0.2) is 0 Å². The summed E-state index contributed by atoms with van der Waals surface area (Å²) in [6.45, 7) is 0. The molecule has 0 N–H and O–H groups in total. The van der Waals surface area contributed by atoms with Crippen molar-refractivity contribution in [1.29, 1.82) is 0 Å². The van der Waals surface area contributed by atoms with E-state index < -0.39 is 0 Å². The first kappa shape index (κ1) is 5.75. The third-order valence-corrected chi connectivity index (χ3v) is 1.38. The Morgan fingerprint density at radius 2 is 1.75 bits per heavy atom. The molecular formula is C6H5MoN+. The maximum atomic E-state index is 3.98. The van der Waals surface area contributed by atoms with Gasteiger partial charge in [0.1, 0.15) is 0 Å². The Hall–Kier alpha value is -0.382. The predicted octanol–water partition coefficient (Wildman–Crippen LogP) is 2.15. The van der Waals surface area contributed by atoms with Gasteiger partial charge in [-0.05, 0) is 0 Å². The molecule has 0 fully saturated rings. The third-order valence-electron chi connectivity index (χ3n) is 0.862. The molecular weight excluding hydrogens is 182 g/mol. The molecule has 0 aliphatic rings. The van der Waals surface area contributed by atoms with Gasteiger partial charge in [0.2, 0.25) is 0 Å². The van der Waals surface area contributed by atoms with E-state index >= 15 is 0 Å². The van der Waals surface area contributed by atoms with Crippen molar-refractivity contribution in [3.8, 4) is 0 Å². The van der Waals surface area contributed by atoms with E-state index in [0.717, 1.165) is 5.69 Å². The van der Waals surface area contributed by atoms with Crippen molar-refractivity contribution < 1.29 is 19.4 Å². The molecule has 8 heavy (non-hydrogen) atoms. The fraction of sp³-hybridized carbons (Fsp3) is 0. The first-order valence-corrected chi connectivity index (χ1v) is 3.21. The molecule has 0 unspecified atom stereocenters. The number of hydrogen-bond donors (Lipinski definition) is 0. The van der Waals surface area contributed by atoms with Gasteiger partial charge in [-0.3, -0.25) is 0 Å². The summed E-state index contributed by atoms with van der Waals surface area (Å²) in [7, 11) is 0. The van der Waals surface area contributed by atoms with E-state index in [9.17, 15) is 0 Å². The average Bonchev–Trinajstić information content (AvgIpc) is 1.90. The van der Waals surface area contributed by atoms with Gasteiger partial charge < -0.3 is 0 Å². The molecule has 0 aliphatic carbocycles. The van der Waals surface area contributed by atoms with Crippen LogP contribution < -0.4 is 0 Å². The number of rotatable bonds is 0. The SMILES string of the molecule is [Mo]#[N+]c1ccccc1. The van der Waals surface area contributed by atoms with Crippen molar-refractivity contribution >= 4 is 5.69 Å². The van der Waals surface area contributed by atoms with Crippen LogP contribution in [0, 0.1) is 0 Å². The second kappa shape index (κ2) is 2.81. The van der Waals surface area contributed by atoms with Gasteiger partial charge in [-0.1, -0.05) is 0 Å². The molecule has 0 saturated carbocycles. The summed E-state index contributed by atoms with van der Waals surface area (Å²) in [5.41, 5.74) is 1.04. The van der Waals surface area contributed by atoms with Crippen LogP contribution in [0.15, 0.2) is 30.3 Å². The first-order valence-electron chi connectivity index (χ1n) is 2.32. The van der Waals surface area contributed by atoms with Crippen molar-refractivity contribution in [2.24, 2.45) is 0 Å². The summed E-state index contributed by atoms with van der Waals surface area (Å²) in [5, 5.41) is 0. The topological polar surface area (TPSA) is 4.36 Å². The Labute approximate surface area is 59.1 Å². The molecule has 0 amide bonds. The van der Waals surface area contributed by atoms with Crippen LogP contribution in [0.25, 0.3) is 3.31 Å². The molecule has 0 atom stereocenters. The van der Waals surface area contributed by atoms with Crippen LogP contribution in [0.4, 0.5) is 5.69 Å². The second-order valence-corrected chi connectivity index (χ2v) is 1.88. The fourth-order valence-electron chi connectivity index (χ4n) is 0.489. The van der Waals surface area contributed by atoms with Crippen LogP contribution in [0.3, 0.4) is 0 Å². The van der Waals surface area contributed by atoms with Gasteiger partial charge in [-0.25, -0.2) is 0 Å². The zero-order valence-corrected chi connectivity index (χ0v) is 6.25. The van der Waals surface area contributed by atoms with Crippen LogP contribution in [-0.4, -0.2) is 0 Å². The zero-order chi connectivity index (χ0) is 5.82. The molecule has 0 radical (unpaired) electrons. The third kappa shape index (κ3) is 1.30. The average molecular weight is 187 g/mol. The van der Waals surface area contributed by atoms with Crippen LogP contribution in [0.1, 0.15) is 0 Å². The van der Waals surface area contributed by atoms with E-state index in [0.29, 0.717) is 0 Å². The van der Waals surface area contributed by atoms with E-state index in [2.05, 4.69) is 3.31 Å². The second-order valence-electron chi connectivity index (χ2n) is 1.43. The Morgan fingerprint density at radius 1 is 1.12 bits per heavy atom. The summed E-state index contributed by atoms with van der Waals surface area (Å²) in [6.07, 6.45) is 0. The zero-order valence-electron chi connectivity index (χ0n) is 4.24. The molecule has 0 aliphatic heterocycles. The summed E-state index contributed by atoms with van der Waals surface area (Å²) in [6, 6.07) is 9.88. The molecule has 2 heteroatoms. The predicted molar refractivity (Wildman–Crippen MR) is 29.5 cm³/mol. The molecule has 0 aromatic heterocycles. The number of nitrogens with zero attached hydrogens (tertiary/aromatic N) is 1. The van der Waals surface area contributed by atoms with Gasteiger partial charge in [0.25, 0.3) is 0 Å². The Balaban J connectivity index is 3.05. The standard InChI is InChI=1S/C6H5N.Mo/c7-6-4-2-1-3-5-6;/h1-5H;/q+1;. The van der Waals surface area contributed by atoms with Crippen molar-refractivity contribution in [3.63, 3.8) is 0 Å². The molecule has 39 valence electrons. The quantitative estimate of drug-likeness (QED) is 0.548. The Bertz CT molecular complexity index is 200. The van der Waals surface area contributed by atoms with Crippen LogP contribution >= 0.6 is 0 Å². The van der Waals surface area contributed by atoms with Crippen LogP contribution in [0.5, 0.6) is 0 Å². The van der Waals surface area contributed by atoms with Gasteiger partial charge in [-0.15, -0.1) is 0 Å². The molecule has 0 spiro atoms. The molecule has 0 saturated heterocycles. The first-order chi connectivity index (χ1) is 3.93. The van der Waals surface area contributed by atoms with Crippen molar-refractivity contribution in [2.45, 2.75) is 0 Å². The van der Waals surface area contributed by atoms with E-state index in [1.807, 2.05) is 30.3 Å². The van der Waals surface area contributed by atoms with Crippen LogP contribution in [0.2, 0.25) is 0 Å². The van der Waals surface area contributed by atoms with Gasteiger partial charge in [0.05, 0.1) is 0 Å². The Morgan fingerprint density at radius 3 is 2.12 bits per heavy atom. The van der Waals surface area contributed by atoms with E-state index in [4.69, 9.17) is 0 Å². The Kier molecular flexibility index (Phi) is 2.02. The van der Waals surface area contributed by atoms with E-state index in [1.54, 1.807) is 19.4 Å². The summed E-state index contributed by atoms with van der Waals surface area (Å²) < 4.78 is 3.98. The monoisotopic (exact) mass is 189 g/mol. The van der Waals surface area contributed by atoms with Crippen molar-refractivity contribution in [2.75, 3.05) is 0 Å². The molecule has 0 bridgehead atoms. The molecule has 1 rings (SSSR count). The van der Waals surface area contributed by atoms with Gasteiger partial charge in [0, 0.05) is 0 Å². The molecule has 1 nitrogen and oxygen atoms in total. The summed E-state index contributed by atoms with van der Waals surface area (Å²) in [5.74, 6) is 0. The summed E-state index contributed by atoms with van der Waals surface area (Å²) >= 11 is 1.72. The fourth-order valence-corrected chi connectivity index (χ4v) is 0.788. The minimum atomic E-state index is 1.04.